The van der Waals surface area contributed by atoms with Crippen LogP contribution in [0.3, 0.4) is 0 Å². The Labute approximate surface area is 108 Å². The fourth-order valence-corrected chi connectivity index (χ4v) is 1.16. The van der Waals surface area contributed by atoms with E-state index < -0.39 is 0 Å². The summed E-state index contributed by atoms with van der Waals surface area (Å²) < 4.78 is 12.8. The molecule has 1 aromatic carbocycles. The second-order valence-corrected chi connectivity index (χ2v) is 3.37. The fourth-order valence-electron chi connectivity index (χ4n) is 1.00. The van der Waals surface area contributed by atoms with Crippen molar-refractivity contribution in [3.8, 4) is 9.85 Å². The second-order valence-electron chi connectivity index (χ2n) is 2.83. The quantitative estimate of drug-likeness (QED) is 0.360. The van der Waals surface area contributed by atoms with Crippen molar-refractivity contribution in [2.24, 2.45) is 0 Å². The van der Waals surface area contributed by atoms with Gasteiger partial charge in [0.15, 0.2) is 0 Å². The number of benzene rings is 1. The minimum Gasteiger partial charge on any atom is -0.460 e. The van der Waals surface area contributed by atoms with Crippen LogP contribution in [-0.4, -0.2) is 25.8 Å². The van der Waals surface area contributed by atoms with Crippen molar-refractivity contribution in [3.63, 3.8) is 0 Å². The standard InChI is InChI=1S/C12H11IO3/c13-7-4-8-15-9-10-16-12(14)11-5-2-1-3-6-11/h1-3,5-6H,8-10H2. The number of hydrogen-bond acceptors (Lipinski definition) is 3. The molecule has 0 N–H and O–H groups in total. The largest absolute Gasteiger partial charge is 0.460 e. The van der Waals surface area contributed by atoms with Gasteiger partial charge in [0.05, 0.1) is 12.2 Å². The second kappa shape index (κ2) is 8.13. The summed E-state index contributed by atoms with van der Waals surface area (Å²) in [6.45, 7) is 0.979. The highest BCUT2D eigenvalue weighted by Gasteiger charge is 2.04. The Morgan fingerprint density at radius 3 is 2.69 bits per heavy atom. The maximum Gasteiger partial charge on any atom is 0.338 e. The summed E-state index contributed by atoms with van der Waals surface area (Å²) in [5, 5.41) is 0. The Bertz CT molecular complexity index is 378. The summed E-state index contributed by atoms with van der Waals surface area (Å²) in [6.07, 6.45) is 0. The SMILES string of the molecule is O=C(OCCOCC#CI)c1ccccc1. The molecule has 0 radical (unpaired) electrons. The monoisotopic (exact) mass is 330 g/mol. The lowest BCUT2D eigenvalue weighted by Gasteiger charge is -2.03. The van der Waals surface area contributed by atoms with Crippen molar-refractivity contribution >= 4 is 28.6 Å². The Morgan fingerprint density at radius 2 is 2.00 bits per heavy atom. The minimum atomic E-state index is -0.329. The summed E-state index contributed by atoms with van der Waals surface area (Å²) in [5.74, 6) is 2.41. The highest BCUT2D eigenvalue weighted by Crippen LogP contribution is 2.00. The first-order valence-electron chi connectivity index (χ1n) is 4.73. The Kier molecular flexibility index (Phi) is 6.61. The van der Waals surface area contributed by atoms with Gasteiger partial charge < -0.3 is 9.47 Å². The Hall–Kier alpha value is -1.06. The molecule has 1 rings (SSSR count). The molecule has 0 aliphatic heterocycles. The van der Waals surface area contributed by atoms with E-state index in [0.717, 1.165) is 0 Å². The van der Waals surface area contributed by atoms with Crippen LogP contribution in [-0.2, 0) is 9.47 Å². The molecule has 16 heavy (non-hydrogen) atoms. The third-order valence-electron chi connectivity index (χ3n) is 1.71. The molecule has 0 saturated heterocycles. The van der Waals surface area contributed by atoms with Gasteiger partial charge in [-0.2, -0.15) is 0 Å². The van der Waals surface area contributed by atoms with Gasteiger partial charge in [-0.1, -0.05) is 24.1 Å². The van der Waals surface area contributed by atoms with Crippen molar-refractivity contribution in [1.82, 2.24) is 0 Å². The maximum absolute atomic E-state index is 11.4. The molecular weight excluding hydrogens is 319 g/mol. The van der Waals surface area contributed by atoms with Crippen molar-refractivity contribution < 1.29 is 14.3 Å². The number of esters is 1. The van der Waals surface area contributed by atoms with Gasteiger partial charge in [0, 0.05) is 22.6 Å². The van der Waals surface area contributed by atoms with Crippen LogP contribution in [0.4, 0.5) is 0 Å². The number of hydrogen-bond donors (Lipinski definition) is 0. The molecule has 4 heteroatoms. The summed E-state index contributed by atoms with van der Waals surface area (Å²) in [4.78, 5) is 11.4. The van der Waals surface area contributed by atoms with Crippen molar-refractivity contribution in [1.29, 1.82) is 0 Å². The van der Waals surface area contributed by atoms with Gasteiger partial charge in [-0.3, -0.25) is 0 Å². The van der Waals surface area contributed by atoms with E-state index >= 15 is 0 Å². The third-order valence-corrected chi connectivity index (χ3v) is 2.09. The van der Waals surface area contributed by atoms with E-state index in [1.54, 1.807) is 24.3 Å². The predicted molar refractivity (Wildman–Crippen MR) is 69.3 cm³/mol. The molecule has 0 amide bonds. The number of halogens is 1. The van der Waals surface area contributed by atoms with Crippen molar-refractivity contribution in [2.75, 3.05) is 19.8 Å². The molecule has 0 saturated carbocycles. The number of carbonyl (C=O) groups excluding carboxylic acids is 1. The molecule has 0 atom stereocenters. The Balaban J connectivity index is 2.18. The highest BCUT2D eigenvalue weighted by molar-refractivity contribution is 14.1. The lowest BCUT2D eigenvalue weighted by molar-refractivity contribution is 0.0359. The average molecular weight is 330 g/mol. The van der Waals surface area contributed by atoms with Crippen LogP contribution >= 0.6 is 22.6 Å². The number of carbonyl (C=O) groups is 1. The molecule has 0 fully saturated rings. The molecule has 0 spiro atoms. The van der Waals surface area contributed by atoms with Gasteiger partial charge in [0.2, 0.25) is 0 Å². The third kappa shape index (κ3) is 5.14. The van der Waals surface area contributed by atoms with E-state index in [9.17, 15) is 4.79 Å². The minimum absolute atomic E-state index is 0.247. The van der Waals surface area contributed by atoms with Crippen molar-refractivity contribution in [2.45, 2.75) is 0 Å². The van der Waals surface area contributed by atoms with Gasteiger partial charge in [0.1, 0.15) is 13.2 Å². The summed E-state index contributed by atoms with van der Waals surface area (Å²) in [7, 11) is 0. The van der Waals surface area contributed by atoms with Gasteiger partial charge in [-0.15, -0.1) is 0 Å². The van der Waals surface area contributed by atoms with Crippen LogP contribution in [0.5, 0.6) is 0 Å². The van der Waals surface area contributed by atoms with E-state index in [4.69, 9.17) is 9.47 Å². The van der Waals surface area contributed by atoms with Crippen LogP contribution < -0.4 is 0 Å². The molecular formula is C12H11IO3. The first-order valence-corrected chi connectivity index (χ1v) is 5.81. The van der Waals surface area contributed by atoms with Gasteiger partial charge in [-0.05, 0) is 16.1 Å². The molecule has 0 unspecified atom stereocenters. The molecule has 0 aliphatic carbocycles. The number of ether oxygens (including phenoxy) is 2. The van der Waals surface area contributed by atoms with Crippen LogP contribution in [0.15, 0.2) is 30.3 Å². The lowest BCUT2D eigenvalue weighted by atomic mass is 10.2. The van der Waals surface area contributed by atoms with Gasteiger partial charge >= 0.3 is 5.97 Å². The molecule has 1 aromatic rings. The molecule has 3 nitrogen and oxygen atoms in total. The summed E-state index contributed by atoms with van der Waals surface area (Å²) in [5.41, 5.74) is 0.551. The first-order chi connectivity index (χ1) is 7.84. The predicted octanol–water partition coefficient (Wildman–Crippen LogP) is 2.26. The smallest absolute Gasteiger partial charge is 0.338 e. The zero-order valence-corrected chi connectivity index (χ0v) is 10.8. The maximum atomic E-state index is 11.4. The van der Waals surface area contributed by atoms with Crippen LogP contribution in [0.1, 0.15) is 10.4 Å². The first kappa shape index (κ1) is 13.0. The van der Waals surface area contributed by atoms with E-state index in [2.05, 4.69) is 9.85 Å². The van der Waals surface area contributed by atoms with Crippen LogP contribution in [0.25, 0.3) is 0 Å². The van der Waals surface area contributed by atoms with Gasteiger partial charge in [-0.25, -0.2) is 4.79 Å². The summed E-state index contributed by atoms with van der Waals surface area (Å²) >= 11 is 1.94. The highest BCUT2D eigenvalue weighted by atomic mass is 127. The zero-order chi connectivity index (χ0) is 11.6. The van der Waals surface area contributed by atoms with E-state index in [-0.39, 0.29) is 12.6 Å². The summed E-state index contributed by atoms with van der Waals surface area (Å²) in [6, 6.07) is 8.87. The molecule has 0 bridgehead atoms. The molecule has 0 aliphatic rings. The molecule has 0 aromatic heterocycles. The fraction of sp³-hybridized carbons (Fsp3) is 0.250. The topological polar surface area (TPSA) is 35.5 Å². The van der Waals surface area contributed by atoms with E-state index in [1.165, 1.54) is 0 Å². The molecule has 0 heterocycles. The zero-order valence-electron chi connectivity index (χ0n) is 8.61. The number of rotatable bonds is 5. The van der Waals surface area contributed by atoms with E-state index in [1.807, 2.05) is 28.7 Å². The Morgan fingerprint density at radius 1 is 1.25 bits per heavy atom. The van der Waals surface area contributed by atoms with Gasteiger partial charge in [0.25, 0.3) is 0 Å². The lowest BCUT2D eigenvalue weighted by Crippen LogP contribution is -2.10. The van der Waals surface area contributed by atoms with Crippen LogP contribution in [0, 0.1) is 9.85 Å². The average Bonchev–Trinajstić information content (AvgIpc) is 2.34. The molecule has 84 valence electrons. The normalized spacial score (nSPS) is 9.06. The van der Waals surface area contributed by atoms with Crippen LogP contribution in [0.2, 0.25) is 0 Å². The van der Waals surface area contributed by atoms with E-state index in [0.29, 0.717) is 18.8 Å². The van der Waals surface area contributed by atoms with Crippen molar-refractivity contribution in [3.05, 3.63) is 35.9 Å².